The number of anilines is 1. The van der Waals surface area contributed by atoms with Gasteiger partial charge >= 0.3 is 0 Å². The van der Waals surface area contributed by atoms with Crippen molar-refractivity contribution in [1.29, 1.82) is 0 Å². The molecule has 1 aromatic carbocycles. The number of halogens is 1. The monoisotopic (exact) mass is 244 g/mol. The molecule has 0 aliphatic carbocycles. The van der Waals surface area contributed by atoms with Gasteiger partial charge in [-0.25, -0.2) is 12.8 Å². The van der Waals surface area contributed by atoms with Crippen LogP contribution in [0.3, 0.4) is 0 Å². The Morgan fingerprint density at radius 2 is 2.12 bits per heavy atom. The standard InChI is InChI=1S/C10H13FN2O2S/c11-9-4-8(5-10(12)6-9)7-13-2-1-3-16(13,14)15/h4-6H,1-3,7,12H2. The maximum Gasteiger partial charge on any atom is 0.214 e. The Labute approximate surface area is 93.9 Å². The van der Waals surface area contributed by atoms with Crippen LogP contribution in [0.1, 0.15) is 12.0 Å². The highest BCUT2D eigenvalue weighted by Gasteiger charge is 2.28. The number of benzene rings is 1. The van der Waals surface area contributed by atoms with Crippen molar-refractivity contribution < 1.29 is 12.8 Å². The van der Waals surface area contributed by atoms with Gasteiger partial charge in [-0.3, -0.25) is 0 Å². The molecule has 1 fully saturated rings. The molecule has 2 rings (SSSR count). The summed E-state index contributed by atoms with van der Waals surface area (Å²) in [7, 11) is -3.14. The summed E-state index contributed by atoms with van der Waals surface area (Å²) in [4.78, 5) is 0. The number of sulfonamides is 1. The Morgan fingerprint density at radius 1 is 1.38 bits per heavy atom. The predicted molar refractivity (Wildman–Crippen MR) is 59.6 cm³/mol. The Balaban J connectivity index is 2.21. The van der Waals surface area contributed by atoms with Crippen LogP contribution in [0.5, 0.6) is 0 Å². The lowest BCUT2D eigenvalue weighted by Gasteiger charge is -2.14. The Bertz CT molecular complexity index is 481. The van der Waals surface area contributed by atoms with Gasteiger partial charge in [0.05, 0.1) is 5.75 Å². The van der Waals surface area contributed by atoms with Crippen molar-refractivity contribution in [2.45, 2.75) is 13.0 Å². The lowest BCUT2D eigenvalue weighted by Crippen LogP contribution is -2.25. The lowest BCUT2D eigenvalue weighted by atomic mass is 10.2. The van der Waals surface area contributed by atoms with Crippen LogP contribution in [0.2, 0.25) is 0 Å². The van der Waals surface area contributed by atoms with E-state index in [0.717, 1.165) is 0 Å². The zero-order valence-corrected chi connectivity index (χ0v) is 9.50. The van der Waals surface area contributed by atoms with Crippen LogP contribution < -0.4 is 5.73 Å². The Morgan fingerprint density at radius 3 is 2.69 bits per heavy atom. The molecule has 4 nitrogen and oxygen atoms in total. The SMILES string of the molecule is Nc1cc(F)cc(CN2CCCS2(=O)=O)c1. The molecule has 0 amide bonds. The van der Waals surface area contributed by atoms with Crippen molar-refractivity contribution in [2.75, 3.05) is 18.0 Å². The molecule has 1 aliphatic heterocycles. The molecular weight excluding hydrogens is 231 g/mol. The average molecular weight is 244 g/mol. The van der Waals surface area contributed by atoms with E-state index in [-0.39, 0.29) is 12.3 Å². The summed E-state index contributed by atoms with van der Waals surface area (Å²) in [6.45, 7) is 0.697. The van der Waals surface area contributed by atoms with E-state index in [9.17, 15) is 12.8 Å². The first-order chi connectivity index (χ1) is 7.47. The van der Waals surface area contributed by atoms with E-state index in [2.05, 4.69) is 0 Å². The molecule has 1 aromatic rings. The fourth-order valence-corrected chi connectivity index (χ4v) is 3.34. The molecule has 88 valence electrons. The highest BCUT2D eigenvalue weighted by Crippen LogP contribution is 2.19. The van der Waals surface area contributed by atoms with E-state index in [0.29, 0.717) is 24.2 Å². The number of nitrogen functional groups attached to an aromatic ring is 1. The second-order valence-corrected chi connectivity index (χ2v) is 5.98. The second kappa shape index (κ2) is 4.03. The lowest BCUT2D eigenvalue weighted by molar-refractivity contribution is 0.438. The highest BCUT2D eigenvalue weighted by atomic mass is 32.2. The molecule has 0 aromatic heterocycles. The molecular formula is C10H13FN2O2S. The van der Waals surface area contributed by atoms with Crippen LogP contribution in [0.25, 0.3) is 0 Å². The number of hydrogen-bond acceptors (Lipinski definition) is 3. The number of nitrogens with zero attached hydrogens (tertiary/aromatic N) is 1. The molecule has 0 spiro atoms. The van der Waals surface area contributed by atoms with Gasteiger partial charge in [0.15, 0.2) is 0 Å². The molecule has 1 saturated heterocycles. The topological polar surface area (TPSA) is 63.4 Å². The molecule has 0 radical (unpaired) electrons. The van der Waals surface area contributed by atoms with Gasteiger partial charge in [0.1, 0.15) is 5.82 Å². The van der Waals surface area contributed by atoms with Crippen molar-refractivity contribution in [3.63, 3.8) is 0 Å². The van der Waals surface area contributed by atoms with E-state index in [1.807, 2.05) is 0 Å². The second-order valence-electron chi connectivity index (χ2n) is 3.90. The zero-order chi connectivity index (χ0) is 11.8. The van der Waals surface area contributed by atoms with Gasteiger partial charge in [-0.05, 0) is 30.2 Å². The molecule has 0 bridgehead atoms. The normalized spacial score (nSPS) is 20.1. The third-order valence-corrected chi connectivity index (χ3v) is 4.45. The third kappa shape index (κ3) is 2.33. The van der Waals surface area contributed by atoms with Gasteiger partial charge in [0.25, 0.3) is 0 Å². The number of hydrogen-bond donors (Lipinski definition) is 1. The Hall–Kier alpha value is -1.14. The summed E-state index contributed by atoms with van der Waals surface area (Å²) in [5, 5.41) is 0. The number of nitrogens with two attached hydrogens (primary N) is 1. The minimum absolute atomic E-state index is 0.178. The summed E-state index contributed by atoms with van der Waals surface area (Å²) in [5.41, 5.74) is 6.39. The minimum Gasteiger partial charge on any atom is -0.399 e. The molecule has 0 saturated carbocycles. The average Bonchev–Trinajstić information content (AvgIpc) is 2.44. The van der Waals surface area contributed by atoms with Crippen molar-refractivity contribution in [1.82, 2.24) is 4.31 Å². The van der Waals surface area contributed by atoms with Crippen molar-refractivity contribution in [3.05, 3.63) is 29.6 Å². The first-order valence-corrected chi connectivity index (χ1v) is 6.61. The quantitative estimate of drug-likeness (QED) is 0.788. The maximum atomic E-state index is 13.0. The van der Waals surface area contributed by atoms with Crippen LogP contribution in [-0.4, -0.2) is 25.0 Å². The van der Waals surface area contributed by atoms with Crippen LogP contribution in [0, 0.1) is 5.82 Å². The first-order valence-electron chi connectivity index (χ1n) is 5.00. The van der Waals surface area contributed by atoms with Crippen molar-refractivity contribution in [2.24, 2.45) is 0 Å². The smallest absolute Gasteiger partial charge is 0.214 e. The van der Waals surface area contributed by atoms with E-state index < -0.39 is 15.8 Å². The maximum absolute atomic E-state index is 13.0. The van der Waals surface area contributed by atoms with Gasteiger partial charge in [-0.2, -0.15) is 4.31 Å². The van der Waals surface area contributed by atoms with Crippen LogP contribution in [0.4, 0.5) is 10.1 Å². The molecule has 0 unspecified atom stereocenters. The van der Waals surface area contributed by atoms with Gasteiger partial charge in [0, 0.05) is 18.8 Å². The van der Waals surface area contributed by atoms with Crippen LogP contribution in [0.15, 0.2) is 18.2 Å². The molecule has 1 heterocycles. The van der Waals surface area contributed by atoms with E-state index >= 15 is 0 Å². The minimum atomic E-state index is -3.14. The molecule has 1 aliphatic rings. The summed E-state index contributed by atoms with van der Waals surface area (Å²) in [6.07, 6.45) is 0.632. The Kier molecular flexibility index (Phi) is 2.86. The summed E-state index contributed by atoms with van der Waals surface area (Å²) >= 11 is 0. The first kappa shape index (κ1) is 11.3. The molecule has 16 heavy (non-hydrogen) atoms. The molecule has 2 N–H and O–H groups in total. The van der Waals surface area contributed by atoms with Crippen LogP contribution >= 0.6 is 0 Å². The van der Waals surface area contributed by atoms with E-state index in [1.54, 1.807) is 6.07 Å². The number of rotatable bonds is 2. The third-order valence-electron chi connectivity index (χ3n) is 2.54. The summed E-state index contributed by atoms with van der Waals surface area (Å²) < 4.78 is 37.5. The highest BCUT2D eigenvalue weighted by molar-refractivity contribution is 7.89. The van der Waals surface area contributed by atoms with E-state index in [1.165, 1.54) is 16.4 Å². The zero-order valence-electron chi connectivity index (χ0n) is 8.69. The van der Waals surface area contributed by atoms with Gasteiger partial charge in [-0.1, -0.05) is 0 Å². The van der Waals surface area contributed by atoms with Gasteiger partial charge in [-0.15, -0.1) is 0 Å². The van der Waals surface area contributed by atoms with E-state index in [4.69, 9.17) is 5.73 Å². The summed E-state index contributed by atoms with van der Waals surface area (Å²) in [5.74, 6) is -0.260. The predicted octanol–water partition coefficient (Wildman–Crippen LogP) is 0.943. The fraction of sp³-hybridized carbons (Fsp3) is 0.400. The fourth-order valence-electron chi connectivity index (χ4n) is 1.84. The van der Waals surface area contributed by atoms with Crippen molar-refractivity contribution >= 4 is 15.7 Å². The van der Waals surface area contributed by atoms with Gasteiger partial charge in [0.2, 0.25) is 10.0 Å². The van der Waals surface area contributed by atoms with Crippen LogP contribution in [-0.2, 0) is 16.6 Å². The van der Waals surface area contributed by atoms with Gasteiger partial charge < -0.3 is 5.73 Å². The molecule has 0 atom stereocenters. The molecule has 6 heteroatoms. The largest absolute Gasteiger partial charge is 0.399 e. The van der Waals surface area contributed by atoms with Crippen molar-refractivity contribution in [3.8, 4) is 0 Å². The summed E-state index contributed by atoms with van der Waals surface area (Å²) in [6, 6.07) is 4.11.